The number of carbonyl (C=O) groups excluding carboxylic acids is 3. The first-order chi connectivity index (χ1) is 17.8. The molecule has 3 aromatic carbocycles. The van der Waals surface area contributed by atoms with E-state index in [9.17, 15) is 19.5 Å². The third-order valence-electron chi connectivity index (χ3n) is 8.38. The lowest BCUT2D eigenvalue weighted by Crippen LogP contribution is -2.68. The van der Waals surface area contributed by atoms with Crippen LogP contribution in [0.5, 0.6) is 0 Å². The fourth-order valence-corrected chi connectivity index (χ4v) is 6.84. The first-order valence-electron chi connectivity index (χ1n) is 12.2. The monoisotopic (exact) mass is 497 g/mol. The second-order valence-corrected chi connectivity index (χ2v) is 9.88. The van der Waals surface area contributed by atoms with E-state index in [0.29, 0.717) is 16.9 Å². The Hall–Kier alpha value is -4.01. The fraction of sp³-hybridized carbons (Fsp3) is 0.276. The maximum Gasteiger partial charge on any atom is 0.318 e. The number of nitrogens with one attached hydrogen (secondary N) is 1. The van der Waals surface area contributed by atoms with Crippen LogP contribution in [0.3, 0.4) is 0 Å². The summed E-state index contributed by atoms with van der Waals surface area (Å²) in [4.78, 5) is 45.8. The summed E-state index contributed by atoms with van der Waals surface area (Å²) in [6.45, 7) is 0.481. The second kappa shape index (κ2) is 7.99. The molecule has 0 radical (unpaired) electrons. The lowest BCUT2D eigenvalue weighted by molar-refractivity contribution is -0.195. The second-order valence-electron chi connectivity index (χ2n) is 9.88. The van der Waals surface area contributed by atoms with Gasteiger partial charge in [0.25, 0.3) is 11.8 Å². The van der Waals surface area contributed by atoms with E-state index in [1.54, 1.807) is 60.5 Å². The molecule has 3 heterocycles. The number of esters is 1. The van der Waals surface area contributed by atoms with Gasteiger partial charge in [0.15, 0.2) is 5.60 Å². The molecule has 0 aromatic heterocycles. The Balaban J connectivity index is 1.64. The van der Waals surface area contributed by atoms with Crippen LogP contribution in [0.25, 0.3) is 0 Å². The summed E-state index contributed by atoms with van der Waals surface area (Å²) in [6.07, 6.45) is 0.0354. The van der Waals surface area contributed by atoms with Crippen LogP contribution >= 0.6 is 0 Å². The van der Waals surface area contributed by atoms with Crippen molar-refractivity contribution < 1.29 is 24.2 Å². The highest BCUT2D eigenvalue weighted by molar-refractivity contribution is 6.15. The molecule has 3 unspecified atom stereocenters. The van der Waals surface area contributed by atoms with Gasteiger partial charge in [-0.15, -0.1) is 0 Å². The van der Waals surface area contributed by atoms with E-state index in [-0.39, 0.29) is 25.1 Å². The highest BCUT2D eigenvalue weighted by atomic mass is 16.5. The molecule has 1 fully saturated rings. The Labute approximate surface area is 214 Å². The topological polar surface area (TPSA) is 99.2 Å². The van der Waals surface area contributed by atoms with E-state index in [2.05, 4.69) is 5.32 Å². The first-order valence-corrected chi connectivity index (χ1v) is 12.2. The molecular formula is C29H27N3O5. The van der Waals surface area contributed by atoms with Crippen LogP contribution < -0.4 is 10.2 Å². The van der Waals surface area contributed by atoms with Gasteiger partial charge in [0, 0.05) is 23.4 Å². The van der Waals surface area contributed by atoms with Gasteiger partial charge in [-0.05, 0) is 31.2 Å². The zero-order valence-electron chi connectivity index (χ0n) is 20.6. The van der Waals surface area contributed by atoms with Crippen molar-refractivity contribution in [3.63, 3.8) is 0 Å². The molecule has 0 bridgehead atoms. The van der Waals surface area contributed by atoms with Gasteiger partial charge in [-0.25, -0.2) is 0 Å². The van der Waals surface area contributed by atoms with Crippen LogP contribution in [0.4, 0.5) is 11.4 Å². The SMILES string of the molecule is COC(=O)C1(C2(O)C(=O)N(Cc3ccccc3)c3ccccc32)CCN(C)C12C(=O)Nc1ccccc12. The number of likely N-dealkylation sites (N-methyl/N-ethyl adjacent to an activating group) is 1. The van der Waals surface area contributed by atoms with Crippen molar-refractivity contribution in [3.05, 3.63) is 95.6 Å². The van der Waals surface area contributed by atoms with E-state index < -0.39 is 34.3 Å². The largest absolute Gasteiger partial charge is 0.468 e. The number of fused-ring (bicyclic) bond motifs is 3. The summed E-state index contributed by atoms with van der Waals surface area (Å²) < 4.78 is 5.35. The quantitative estimate of drug-likeness (QED) is 0.538. The number of anilines is 2. The Bertz CT molecular complexity index is 1440. The average Bonchev–Trinajstić information content (AvgIpc) is 3.49. The molecule has 0 aliphatic carbocycles. The number of ether oxygens (including phenoxy) is 1. The summed E-state index contributed by atoms with van der Waals surface area (Å²) in [5.74, 6) is -1.94. The van der Waals surface area contributed by atoms with Crippen molar-refractivity contribution in [3.8, 4) is 0 Å². The standard InChI is InChI=1S/C29H27N3O5/c1-31-17-16-27(26(35)37-2,28(31)20-12-6-8-14-22(20)30-24(28)33)29(36)21-13-7-9-15-23(21)32(25(29)34)18-19-10-4-3-5-11-19/h3-15,36H,16-18H2,1-2H3,(H,30,33). The van der Waals surface area contributed by atoms with Crippen molar-refractivity contribution in [2.75, 3.05) is 30.9 Å². The van der Waals surface area contributed by atoms with Crippen LogP contribution in [0, 0.1) is 5.41 Å². The lowest BCUT2D eigenvalue weighted by Gasteiger charge is -2.49. The summed E-state index contributed by atoms with van der Waals surface area (Å²) in [5.41, 5.74) is -3.28. The molecule has 0 saturated carbocycles. The number of hydrogen-bond donors (Lipinski definition) is 2. The van der Waals surface area contributed by atoms with E-state index in [1.165, 1.54) is 12.0 Å². The summed E-state index contributed by atoms with van der Waals surface area (Å²) in [7, 11) is 2.97. The van der Waals surface area contributed by atoms with Gasteiger partial charge in [-0.3, -0.25) is 19.3 Å². The number of methoxy groups -OCH3 is 1. The van der Waals surface area contributed by atoms with Gasteiger partial charge in [0.2, 0.25) is 0 Å². The van der Waals surface area contributed by atoms with Gasteiger partial charge < -0.3 is 20.1 Å². The van der Waals surface area contributed by atoms with Gasteiger partial charge >= 0.3 is 5.97 Å². The Kier molecular flexibility index (Phi) is 5.05. The highest BCUT2D eigenvalue weighted by Crippen LogP contribution is 2.66. The van der Waals surface area contributed by atoms with Crippen LogP contribution in [-0.2, 0) is 36.8 Å². The third kappa shape index (κ3) is 2.66. The smallest absolute Gasteiger partial charge is 0.318 e. The molecule has 2 N–H and O–H groups in total. The maximum atomic E-state index is 14.5. The van der Waals surface area contributed by atoms with Crippen LogP contribution in [-0.4, -0.2) is 48.5 Å². The molecule has 8 nitrogen and oxygen atoms in total. The number of benzene rings is 3. The minimum absolute atomic E-state index is 0.0354. The molecule has 1 spiro atoms. The number of amides is 2. The molecule has 2 amide bonds. The molecule has 37 heavy (non-hydrogen) atoms. The van der Waals surface area contributed by atoms with Gasteiger partial charge in [-0.1, -0.05) is 66.7 Å². The van der Waals surface area contributed by atoms with Gasteiger partial charge in [-0.2, -0.15) is 0 Å². The summed E-state index contributed by atoms with van der Waals surface area (Å²) >= 11 is 0. The van der Waals surface area contributed by atoms with Crippen molar-refractivity contribution >= 4 is 29.2 Å². The zero-order chi connectivity index (χ0) is 26.0. The van der Waals surface area contributed by atoms with Crippen molar-refractivity contribution in [1.29, 1.82) is 0 Å². The average molecular weight is 498 g/mol. The molecule has 3 aliphatic rings. The molecule has 3 aromatic rings. The molecule has 3 atom stereocenters. The van der Waals surface area contributed by atoms with E-state index >= 15 is 0 Å². The van der Waals surface area contributed by atoms with Crippen molar-refractivity contribution in [2.24, 2.45) is 5.41 Å². The van der Waals surface area contributed by atoms with Crippen LogP contribution in [0.2, 0.25) is 0 Å². The Morgan fingerprint density at radius 3 is 2.35 bits per heavy atom. The lowest BCUT2D eigenvalue weighted by atomic mass is 9.56. The van der Waals surface area contributed by atoms with Crippen molar-refractivity contribution in [2.45, 2.75) is 24.1 Å². The molecule has 6 rings (SSSR count). The minimum Gasteiger partial charge on any atom is -0.468 e. The molecule has 188 valence electrons. The van der Waals surface area contributed by atoms with Gasteiger partial charge in [0.1, 0.15) is 11.0 Å². The third-order valence-corrected chi connectivity index (χ3v) is 8.38. The van der Waals surface area contributed by atoms with Crippen LogP contribution in [0.15, 0.2) is 78.9 Å². The fourth-order valence-electron chi connectivity index (χ4n) is 6.84. The predicted molar refractivity (Wildman–Crippen MR) is 136 cm³/mol. The van der Waals surface area contributed by atoms with E-state index in [0.717, 1.165) is 5.56 Å². The summed E-state index contributed by atoms with van der Waals surface area (Å²) in [6, 6.07) is 23.5. The molecular weight excluding hydrogens is 470 g/mol. The Morgan fingerprint density at radius 2 is 1.62 bits per heavy atom. The number of likely N-dealkylation sites (tertiary alicyclic amines) is 1. The maximum absolute atomic E-state index is 14.5. The number of carbonyl (C=O) groups is 3. The van der Waals surface area contributed by atoms with Gasteiger partial charge in [0.05, 0.1) is 19.3 Å². The first kappa shape index (κ1) is 23.4. The molecule has 8 heteroatoms. The Morgan fingerprint density at radius 1 is 0.973 bits per heavy atom. The highest BCUT2D eigenvalue weighted by Gasteiger charge is 2.81. The number of aliphatic hydroxyl groups is 1. The number of nitrogens with zero attached hydrogens (tertiary/aromatic N) is 2. The zero-order valence-corrected chi connectivity index (χ0v) is 20.6. The number of rotatable bonds is 4. The number of hydrogen-bond acceptors (Lipinski definition) is 6. The predicted octanol–water partition coefficient (Wildman–Crippen LogP) is 2.76. The van der Waals surface area contributed by atoms with Crippen molar-refractivity contribution in [1.82, 2.24) is 4.90 Å². The summed E-state index contributed by atoms with van der Waals surface area (Å²) in [5, 5.41) is 15.7. The van der Waals surface area contributed by atoms with Crippen LogP contribution in [0.1, 0.15) is 23.1 Å². The van der Waals surface area contributed by atoms with E-state index in [4.69, 9.17) is 4.74 Å². The number of para-hydroxylation sites is 2. The van der Waals surface area contributed by atoms with E-state index in [1.807, 2.05) is 30.3 Å². The minimum atomic E-state index is -2.37. The normalized spacial score (nSPS) is 28.4. The molecule has 1 saturated heterocycles. The molecule has 3 aliphatic heterocycles.